The van der Waals surface area contributed by atoms with Crippen molar-refractivity contribution >= 4 is 15.7 Å². The molecule has 2 aromatic carbocycles. The van der Waals surface area contributed by atoms with Gasteiger partial charge >= 0.3 is 0 Å². The summed E-state index contributed by atoms with van der Waals surface area (Å²) < 4.78 is 38.8. The van der Waals surface area contributed by atoms with Gasteiger partial charge in [-0.2, -0.15) is 0 Å². The van der Waals surface area contributed by atoms with Crippen molar-refractivity contribution in [3.8, 4) is 11.5 Å². The lowest BCUT2D eigenvalue weighted by Gasteiger charge is -2.23. The fourth-order valence-electron chi connectivity index (χ4n) is 2.61. The molecule has 0 amide bonds. The third-order valence-corrected chi connectivity index (χ3v) is 6.02. The van der Waals surface area contributed by atoms with E-state index < -0.39 is 10.0 Å². The van der Waals surface area contributed by atoms with Gasteiger partial charge in [-0.05, 0) is 41.7 Å². The van der Waals surface area contributed by atoms with E-state index in [1.807, 2.05) is 12.1 Å². The van der Waals surface area contributed by atoms with E-state index in [1.54, 1.807) is 30.3 Å². The van der Waals surface area contributed by atoms with Crippen LogP contribution in [-0.2, 0) is 15.4 Å². The minimum Gasteiger partial charge on any atom is -0.486 e. The van der Waals surface area contributed by atoms with Crippen LogP contribution in [0.5, 0.6) is 11.5 Å². The highest BCUT2D eigenvalue weighted by molar-refractivity contribution is 7.92. The molecule has 6 heteroatoms. The third kappa shape index (κ3) is 3.74. The number of rotatable bonds is 5. The molecule has 3 rings (SSSR count). The highest BCUT2D eigenvalue weighted by Gasteiger charge is 2.21. The minimum absolute atomic E-state index is 0.0194. The van der Waals surface area contributed by atoms with Crippen LogP contribution in [0.3, 0.4) is 0 Å². The van der Waals surface area contributed by atoms with Crippen LogP contribution < -0.4 is 14.2 Å². The number of nitrogens with one attached hydrogen (secondary N) is 1. The zero-order valence-electron chi connectivity index (χ0n) is 14.7. The Hall–Kier alpha value is -2.21. The second-order valence-electron chi connectivity index (χ2n) is 6.73. The number of anilines is 1. The van der Waals surface area contributed by atoms with Gasteiger partial charge in [0.25, 0.3) is 10.0 Å². The summed E-state index contributed by atoms with van der Waals surface area (Å²) in [6.07, 6.45) is 0.981. The van der Waals surface area contributed by atoms with Gasteiger partial charge in [-0.1, -0.05) is 32.9 Å². The summed E-state index contributed by atoms with van der Waals surface area (Å²) >= 11 is 0. The van der Waals surface area contributed by atoms with Gasteiger partial charge < -0.3 is 9.47 Å². The summed E-state index contributed by atoms with van der Waals surface area (Å²) in [5.41, 5.74) is 1.58. The van der Waals surface area contributed by atoms with Crippen LogP contribution in [0.1, 0.15) is 32.8 Å². The lowest BCUT2D eigenvalue weighted by Crippen LogP contribution is -2.17. The molecule has 0 spiro atoms. The SMILES string of the molecule is CCC(C)(C)c1ccc(S(=O)(=O)Nc2ccc3c(c2)OCCO3)cc1. The van der Waals surface area contributed by atoms with Crippen molar-refractivity contribution in [2.24, 2.45) is 0 Å². The van der Waals surface area contributed by atoms with E-state index >= 15 is 0 Å². The second-order valence-corrected chi connectivity index (χ2v) is 8.41. The molecule has 1 aliphatic heterocycles. The summed E-state index contributed by atoms with van der Waals surface area (Å²) in [6, 6.07) is 12.1. The average molecular weight is 361 g/mol. The lowest BCUT2D eigenvalue weighted by atomic mass is 9.82. The van der Waals surface area contributed by atoms with Crippen molar-refractivity contribution < 1.29 is 17.9 Å². The topological polar surface area (TPSA) is 64.6 Å². The van der Waals surface area contributed by atoms with Crippen molar-refractivity contribution in [1.29, 1.82) is 0 Å². The Labute approximate surface area is 149 Å². The first-order valence-electron chi connectivity index (χ1n) is 8.35. The summed E-state index contributed by atoms with van der Waals surface area (Å²) in [5.74, 6) is 1.17. The number of fused-ring (bicyclic) bond motifs is 1. The fourth-order valence-corrected chi connectivity index (χ4v) is 3.66. The van der Waals surface area contributed by atoms with Gasteiger partial charge in [0, 0.05) is 6.07 Å². The van der Waals surface area contributed by atoms with Crippen LogP contribution in [0.2, 0.25) is 0 Å². The highest BCUT2D eigenvalue weighted by atomic mass is 32.2. The molecule has 0 atom stereocenters. The molecule has 0 bridgehead atoms. The molecule has 0 saturated heterocycles. The fraction of sp³-hybridized carbons (Fsp3) is 0.368. The lowest BCUT2D eigenvalue weighted by molar-refractivity contribution is 0.171. The summed E-state index contributed by atoms with van der Waals surface area (Å²) in [7, 11) is -3.66. The summed E-state index contributed by atoms with van der Waals surface area (Å²) in [4.78, 5) is 0.234. The van der Waals surface area contributed by atoms with Crippen LogP contribution in [0, 0.1) is 0 Å². The highest BCUT2D eigenvalue weighted by Crippen LogP contribution is 2.33. The summed E-state index contributed by atoms with van der Waals surface area (Å²) in [6.45, 7) is 7.36. The van der Waals surface area contributed by atoms with Crippen molar-refractivity contribution in [2.45, 2.75) is 37.5 Å². The van der Waals surface area contributed by atoms with Crippen LogP contribution in [0.15, 0.2) is 47.4 Å². The molecule has 0 unspecified atom stereocenters. The molecule has 1 aliphatic rings. The smallest absolute Gasteiger partial charge is 0.261 e. The summed E-state index contributed by atoms with van der Waals surface area (Å²) in [5, 5.41) is 0. The van der Waals surface area contributed by atoms with Gasteiger partial charge in [0.1, 0.15) is 13.2 Å². The van der Waals surface area contributed by atoms with E-state index in [4.69, 9.17) is 9.47 Å². The maximum Gasteiger partial charge on any atom is 0.261 e. The standard InChI is InChI=1S/C19H23NO4S/c1-4-19(2,3)14-5-8-16(9-6-14)25(21,22)20-15-7-10-17-18(13-15)24-12-11-23-17/h5-10,13,20H,4,11-12H2,1-3H3. The quantitative estimate of drug-likeness (QED) is 0.876. The monoisotopic (exact) mass is 361 g/mol. The van der Waals surface area contributed by atoms with E-state index in [9.17, 15) is 8.42 Å². The zero-order valence-corrected chi connectivity index (χ0v) is 15.5. The first-order valence-corrected chi connectivity index (χ1v) is 9.83. The molecule has 0 aliphatic carbocycles. The molecule has 5 nitrogen and oxygen atoms in total. The Bertz CT molecular complexity index is 857. The van der Waals surface area contributed by atoms with E-state index in [0.717, 1.165) is 12.0 Å². The van der Waals surface area contributed by atoms with Crippen molar-refractivity contribution in [3.05, 3.63) is 48.0 Å². The maximum absolute atomic E-state index is 12.6. The molecule has 0 aromatic heterocycles. The van der Waals surface area contributed by atoms with Gasteiger partial charge in [0.2, 0.25) is 0 Å². The Morgan fingerprint density at radius 2 is 1.64 bits per heavy atom. The number of ether oxygens (including phenoxy) is 2. The zero-order chi connectivity index (χ0) is 18.1. The first-order chi connectivity index (χ1) is 11.8. The largest absolute Gasteiger partial charge is 0.486 e. The minimum atomic E-state index is -3.66. The maximum atomic E-state index is 12.6. The van der Waals surface area contributed by atoms with Crippen molar-refractivity contribution in [3.63, 3.8) is 0 Å². The van der Waals surface area contributed by atoms with Gasteiger partial charge in [-0.3, -0.25) is 4.72 Å². The van der Waals surface area contributed by atoms with E-state index in [2.05, 4.69) is 25.5 Å². The van der Waals surface area contributed by atoms with Gasteiger partial charge in [-0.25, -0.2) is 8.42 Å². The molecule has 134 valence electrons. The Kier molecular flexibility index (Phi) is 4.64. The van der Waals surface area contributed by atoms with E-state index in [-0.39, 0.29) is 10.3 Å². The van der Waals surface area contributed by atoms with Crippen LogP contribution in [0.25, 0.3) is 0 Å². The average Bonchev–Trinajstić information content (AvgIpc) is 2.61. The molecule has 25 heavy (non-hydrogen) atoms. The molecule has 1 heterocycles. The second kappa shape index (κ2) is 6.59. The molecule has 0 fully saturated rings. The molecule has 0 saturated carbocycles. The molecule has 0 radical (unpaired) electrons. The number of benzene rings is 2. The van der Waals surface area contributed by atoms with Crippen molar-refractivity contribution in [1.82, 2.24) is 0 Å². The predicted octanol–water partition coefficient (Wildman–Crippen LogP) is 3.95. The molecular weight excluding hydrogens is 338 g/mol. The predicted molar refractivity (Wildman–Crippen MR) is 98.0 cm³/mol. The van der Waals surface area contributed by atoms with Crippen LogP contribution in [-0.4, -0.2) is 21.6 Å². The van der Waals surface area contributed by atoms with E-state index in [1.165, 1.54) is 0 Å². The van der Waals surface area contributed by atoms with Crippen LogP contribution >= 0.6 is 0 Å². The number of hydrogen-bond acceptors (Lipinski definition) is 4. The Morgan fingerprint density at radius 3 is 2.28 bits per heavy atom. The Morgan fingerprint density at radius 1 is 1.00 bits per heavy atom. The molecule has 1 N–H and O–H groups in total. The van der Waals surface area contributed by atoms with Crippen molar-refractivity contribution in [2.75, 3.05) is 17.9 Å². The van der Waals surface area contributed by atoms with Gasteiger partial charge in [-0.15, -0.1) is 0 Å². The molecule has 2 aromatic rings. The number of sulfonamides is 1. The Balaban J connectivity index is 1.82. The van der Waals surface area contributed by atoms with Gasteiger partial charge in [0.15, 0.2) is 11.5 Å². The first kappa shape index (κ1) is 17.6. The van der Waals surface area contributed by atoms with Gasteiger partial charge in [0.05, 0.1) is 10.6 Å². The molecular formula is C19H23NO4S. The van der Waals surface area contributed by atoms with E-state index in [0.29, 0.717) is 30.4 Å². The normalized spacial score (nSPS) is 14.2. The third-order valence-electron chi connectivity index (χ3n) is 4.62. The van der Waals surface area contributed by atoms with Crippen LogP contribution in [0.4, 0.5) is 5.69 Å². The number of hydrogen-bond donors (Lipinski definition) is 1.